The van der Waals surface area contributed by atoms with Crippen LogP contribution in [0.5, 0.6) is 0 Å². The first-order chi connectivity index (χ1) is 19.2. The van der Waals surface area contributed by atoms with Gasteiger partial charge in [0.15, 0.2) is 0 Å². The van der Waals surface area contributed by atoms with Gasteiger partial charge in [-0.3, -0.25) is 19.7 Å². The second-order valence-electron chi connectivity index (χ2n) is 9.33. The van der Waals surface area contributed by atoms with Gasteiger partial charge in [-0.05, 0) is 42.2 Å². The van der Waals surface area contributed by atoms with Crippen molar-refractivity contribution >= 4 is 29.3 Å². The smallest absolute Gasteiger partial charge is 0.407 e. The second kappa shape index (κ2) is 13.1. The van der Waals surface area contributed by atoms with Gasteiger partial charge in [0.05, 0.1) is 61.2 Å². The maximum Gasteiger partial charge on any atom is 0.407 e. The van der Waals surface area contributed by atoms with E-state index in [2.05, 4.69) is 15.3 Å². The summed E-state index contributed by atoms with van der Waals surface area (Å²) < 4.78 is 48.6. The number of hydrogen-bond donors (Lipinski definition) is 3. The van der Waals surface area contributed by atoms with Crippen LogP contribution in [0.2, 0.25) is 5.02 Å². The fourth-order valence-corrected chi connectivity index (χ4v) is 4.73. The molecule has 1 aliphatic rings. The first-order valence-corrected chi connectivity index (χ1v) is 12.7. The number of aromatic nitrogens is 2. The number of pyridine rings is 2. The van der Waals surface area contributed by atoms with Crippen LogP contribution < -0.4 is 5.32 Å². The highest BCUT2D eigenvalue weighted by atomic mass is 35.5. The summed E-state index contributed by atoms with van der Waals surface area (Å²) in [5, 5.41) is 21.3. The Morgan fingerprint density at radius 2 is 1.88 bits per heavy atom. The van der Waals surface area contributed by atoms with Crippen LogP contribution in [-0.4, -0.2) is 69.0 Å². The molecule has 13 heteroatoms. The number of carbonyl (C=O) groups is 2. The van der Waals surface area contributed by atoms with Crippen LogP contribution in [0.25, 0.3) is 0 Å². The minimum Gasteiger partial charge on any atom is -0.465 e. The summed E-state index contributed by atoms with van der Waals surface area (Å²) in [6.07, 6.45) is 2.96. The standard InChI is InChI=1S/C27H26ClF3N4O5/c28-22-4-1-15(6-23(22)30)21(16-5-17(29)9-32-8-16)7-26(37)34-25-11-33-10-24(31)20(25)3-2-19-12-35(27(38)39)18(13-36)14-40-19/h1,4-6,8-11,18-19,21,36H,2-3,7,12-14H2,(H,34,37)(H,38,39). The Hall–Kier alpha value is -3.74. The Morgan fingerprint density at radius 3 is 2.58 bits per heavy atom. The van der Waals surface area contributed by atoms with E-state index >= 15 is 0 Å². The van der Waals surface area contributed by atoms with Crippen LogP contribution >= 0.6 is 11.6 Å². The van der Waals surface area contributed by atoms with E-state index in [1.165, 1.54) is 30.6 Å². The van der Waals surface area contributed by atoms with E-state index in [0.29, 0.717) is 11.1 Å². The number of aliphatic hydroxyl groups is 1. The molecule has 4 rings (SSSR count). The van der Waals surface area contributed by atoms with E-state index in [-0.39, 0.29) is 55.3 Å². The number of nitrogens with one attached hydrogen (secondary N) is 1. The molecule has 1 saturated heterocycles. The fourth-order valence-electron chi connectivity index (χ4n) is 4.61. The number of aliphatic hydroxyl groups excluding tert-OH is 1. The third-order valence-electron chi connectivity index (χ3n) is 6.68. The molecule has 212 valence electrons. The molecule has 9 nitrogen and oxygen atoms in total. The maximum absolute atomic E-state index is 14.8. The molecule has 0 bridgehead atoms. The van der Waals surface area contributed by atoms with Gasteiger partial charge in [0, 0.05) is 24.1 Å². The number of carboxylic acid groups (broad SMARTS) is 1. The Bertz CT molecular complexity index is 1380. The molecule has 1 fully saturated rings. The SMILES string of the molecule is O=C(CC(c1cncc(F)c1)c1ccc(Cl)c(F)c1)Nc1cncc(F)c1CCC1CN(C(=O)O)C(CO)CO1. The molecular formula is C27H26ClF3N4O5. The number of amides is 2. The van der Waals surface area contributed by atoms with Crippen LogP contribution in [-0.2, 0) is 16.0 Å². The molecule has 0 saturated carbocycles. The third-order valence-corrected chi connectivity index (χ3v) is 6.99. The lowest BCUT2D eigenvalue weighted by atomic mass is 9.89. The molecule has 40 heavy (non-hydrogen) atoms. The Kier molecular flexibility index (Phi) is 9.56. The van der Waals surface area contributed by atoms with Crippen molar-refractivity contribution < 1.29 is 37.7 Å². The van der Waals surface area contributed by atoms with Crippen molar-refractivity contribution in [2.75, 3.05) is 25.1 Å². The molecule has 2 aromatic heterocycles. The third kappa shape index (κ3) is 7.06. The highest BCUT2D eigenvalue weighted by Crippen LogP contribution is 2.31. The zero-order chi connectivity index (χ0) is 28.8. The molecule has 3 heterocycles. The Balaban J connectivity index is 1.50. The molecule has 0 radical (unpaired) electrons. The number of anilines is 1. The largest absolute Gasteiger partial charge is 0.465 e. The van der Waals surface area contributed by atoms with E-state index in [1.54, 1.807) is 0 Å². The number of morpholine rings is 1. The molecule has 0 spiro atoms. The fraction of sp³-hybridized carbons (Fsp3) is 0.333. The average molecular weight is 579 g/mol. The molecular weight excluding hydrogens is 553 g/mol. The van der Waals surface area contributed by atoms with Crippen LogP contribution in [0.15, 0.2) is 49.1 Å². The number of nitrogens with zero attached hydrogens (tertiary/aromatic N) is 3. The van der Waals surface area contributed by atoms with Crippen molar-refractivity contribution in [1.82, 2.24) is 14.9 Å². The molecule has 0 aliphatic carbocycles. The molecule has 3 atom stereocenters. The predicted octanol–water partition coefficient (Wildman–Crippen LogP) is 4.38. The second-order valence-corrected chi connectivity index (χ2v) is 9.73. The Labute approximate surface area is 232 Å². The number of rotatable bonds is 9. The van der Waals surface area contributed by atoms with Crippen LogP contribution in [0.4, 0.5) is 23.7 Å². The van der Waals surface area contributed by atoms with E-state index in [9.17, 15) is 33.0 Å². The summed E-state index contributed by atoms with van der Waals surface area (Å²) >= 11 is 5.80. The Morgan fingerprint density at radius 1 is 1.10 bits per heavy atom. The van der Waals surface area contributed by atoms with Crippen molar-refractivity contribution in [3.63, 3.8) is 0 Å². The predicted molar refractivity (Wildman–Crippen MR) is 139 cm³/mol. The summed E-state index contributed by atoms with van der Waals surface area (Å²) in [5.41, 5.74) is 0.927. The highest BCUT2D eigenvalue weighted by molar-refractivity contribution is 6.30. The molecule has 3 N–H and O–H groups in total. The molecule has 1 aliphatic heterocycles. The highest BCUT2D eigenvalue weighted by Gasteiger charge is 2.32. The molecule has 3 unspecified atom stereocenters. The van der Waals surface area contributed by atoms with Gasteiger partial charge in [0.25, 0.3) is 0 Å². The van der Waals surface area contributed by atoms with Gasteiger partial charge < -0.3 is 20.3 Å². The van der Waals surface area contributed by atoms with Crippen LogP contribution in [0, 0.1) is 17.5 Å². The first-order valence-electron chi connectivity index (χ1n) is 12.4. The summed E-state index contributed by atoms with van der Waals surface area (Å²) in [7, 11) is 0. The normalized spacial score (nSPS) is 17.9. The minimum absolute atomic E-state index is 0.00247. The molecule has 2 amide bonds. The topological polar surface area (TPSA) is 125 Å². The van der Waals surface area contributed by atoms with Crippen molar-refractivity contribution in [3.8, 4) is 0 Å². The van der Waals surface area contributed by atoms with Gasteiger partial charge in [-0.15, -0.1) is 0 Å². The minimum atomic E-state index is -1.20. The van der Waals surface area contributed by atoms with Crippen LogP contribution in [0.3, 0.4) is 0 Å². The van der Waals surface area contributed by atoms with E-state index in [0.717, 1.165) is 23.4 Å². The zero-order valence-corrected chi connectivity index (χ0v) is 21.8. The number of hydrogen-bond acceptors (Lipinski definition) is 6. The van der Waals surface area contributed by atoms with Crippen molar-refractivity contribution in [2.45, 2.75) is 37.3 Å². The first kappa shape index (κ1) is 29.2. The summed E-state index contributed by atoms with van der Waals surface area (Å²) in [5.74, 6) is -3.39. The maximum atomic E-state index is 14.8. The van der Waals surface area contributed by atoms with Gasteiger partial charge >= 0.3 is 6.09 Å². The number of benzene rings is 1. The monoisotopic (exact) mass is 578 g/mol. The quantitative estimate of drug-likeness (QED) is 0.344. The lowest BCUT2D eigenvalue weighted by Crippen LogP contribution is -2.53. The van der Waals surface area contributed by atoms with E-state index in [1.807, 2.05) is 0 Å². The zero-order valence-electron chi connectivity index (χ0n) is 21.1. The van der Waals surface area contributed by atoms with Gasteiger partial charge in [0.1, 0.15) is 17.5 Å². The van der Waals surface area contributed by atoms with E-state index in [4.69, 9.17) is 16.3 Å². The van der Waals surface area contributed by atoms with Crippen LogP contribution in [0.1, 0.15) is 35.4 Å². The van der Waals surface area contributed by atoms with Gasteiger partial charge in [-0.1, -0.05) is 17.7 Å². The summed E-state index contributed by atoms with van der Waals surface area (Å²) in [6.45, 7) is -0.392. The number of carbonyl (C=O) groups excluding carboxylic acids is 1. The van der Waals surface area contributed by atoms with Crippen molar-refractivity contribution in [2.24, 2.45) is 0 Å². The van der Waals surface area contributed by atoms with Gasteiger partial charge in [-0.2, -0.15) is 0 Å². The van der Waals surface area contributed by atoms with Gasteiger partial charge in [-0.25, -0.2) is 18.0 Å². The van der Waals surface area contributed by atoms with Gasteiger partial charge in [0.2, 0.25) is 5.91 Å². The average Bonchev–Trinajstić information content (AvgIpc) is 2.93. The summed E-state index contributed by atoms with van der Waals surface area (Å²) in [6, 6.07) is 4.52. The lowest BCUT2D eigenvalue weighted by Gasteiger charge is -2.37. The lowest BCUT2D eigenvalue weighted by molar-refractivity contribution is -0.116. The summed E-state index contributed by atoms with van der Waals surface area (Å²) in [4.78, 5) is 33.4. The van der Waals surface area contributed by atoms with E-state index < -0.39 is 47.5 Å². The van der Waals surface area contributed by atoms with Crippen molar-refractivity contribution in [1.29, 1.82) is 0 Å². The number of halogens is 4. The molecule has 3 aromatic rings. The molecule has 1 aromatic carbocycles. The van der Waals surface area contributed by atoms with Crippen molar-refractivity contribution in [3.05, 3.63) is 88.2 Å². The number of ether oxygens (including phenoxy) is 1.